The van der Waals surface area contributed by atoms with Gasteiger partial charge in [-0.25, -0.2) is 4.39 Å². The molecule has 0 saturated heterocycles. The Morgan fingerprint density at radius 3 is 2.29 bits per heavy atom. The molecule has 1 aliphatic carbocycles. The molecule has 0 N–H and O–H groups in total. The molecule has 42 valence electrons. The van der Waals surface area contributed by atoms with Gasteiger partial charge in [-0.05, 0) is 18.8 Å². The second-order valence-corrected chi connectivity index (χ2v) is 2.26. The highest BCUT2D eigenvalue weighted by Gasteiger charge is 2.28. The minimum Gasteiger partial charge on any atom is -0.247 e. The van der Waals surface area contributed by atoms with Crippen LogP contribution < -0.4 is 0 Å². The summed E-state index contributed by atoms with van der Waals surface area (Å²) < 4.78 is 12.2. The van der Waals surface area contributed by atoms with Crippen LogP contribution in [0.4, 0.5) is 4.39 Å². The highest BCUT2D eigenvalue weighted by Crippen LogP contribution is 2.32. The third-order valence-electron chi connectivity index (χ3n) is 1.85. The first-order chi connectivity index (χ1) is 3.34. The average molecular weight is 102 g/mol. The van der Waals surface area contributed by atoms with Gasteiger partial charge in [-0.15, -0.1) is 0 Å². The summed E-state index contributed by atoms with van der Waals surface area (Å²) in [6, 6.07) is 0. The lowest BCUT2D eigenvalue weighted by Gasteiger charge is -2.28. The summed E-state index contributed by atoms with van der Waals surface area (Å²) >= 11 is 0. The zero-order valence-electron chi connectivity index (χ0n) is 4.65. The molecule has 0 bridgehead atoms. The van der Waals surface area contributed by atoms with Crippen molar-refractivity contribution in [2.75, 3.05) is 0 Å². The van der Waals surface area contributed by atoms with Crippen molar-refractivity contribution in [2.45, 2.75) is 32.4 Å². The van der Waals surface area contributed by atoms with E-state index in [4.69, 9.17) is 0 Å². The van der Waals surface area contributed by atoms with Crippen LogP contribution in [0.25, 0.3) is 0 Å². The van der Waals surface area contributed by atoms with Crippen LogP contribution in [0.2, 0.25) is 0 Å². The van der Waals surface area contributed by atoms with E-state index in [1.807, 2.05) is 0 Å². The summed E-state index contributed by atoms with van der Waals surface area (Å²) in [7, 11) is 0. The summed E-state index contributed by atoms with van der Waals surface area (Å²) in [5.74, 6) is 0.417. The molecule has 0 aromatic carbocycles. The third-order valence-corrected chi connectivity index (χ3v) is 1.85. The van der Waals surface area contributed by atoms with E-state index in [1.165, 1.54) is 0 Å². The van der Waals surface area contributed by atoms with E-state index >= 15 is 0 Å². The van der Waals surface area contributed by atoms with E-state index in [1.54, 1.807) is 0 Å². The topological polar surface area (TPSA) is 0 Å². The molecule has 0 spiro atoms. The molecule has 1 aliphatic rings. The van der Waals surface area contributed by atoms with Crippen molar-refractivity contribution < 1.29 is 4.39 Å². The fraction of sp³-hybridized carbons (Fsp3) is 1.00. The number of halogens is 1. The Kier molecular flexibility index (Phi) is 1.31. The second kappa shape index (κ2) is 1.81. The molecule has 0 aromatic rings. The van der Waals surface area contributed by atoms with Crippen LogP contribution in [0.1, 0.15) is 26.2 Å². The van der Waals surface area contributed by atoms with Crippen LogP contribution in [-0.4, -0.2) is 6.17 Å². The molecular weight excluding hydrogens is 91.1 g/mol. The second-order valence-electron chi connectivity index (χ2n) is 2.26. The van der Waals surface area contributed by atoms with Crippen molar-refractivity contribution in [1.29, 1.82) is 0 Å². The molecule has 0 heterocycles. The van der Waals surface area contributed by atoms with E-state index in [0.29, 0.717) is 5.92 Å². The number of hydrogen-bond acceptors (Lipinski definition) is 0. The van der Waals surface area contributed by atoms with Crippen LogP contribution in [0, 0.1) is 5.92 Å². The fourth-order valence-electron chi connectivity index (χ4n) is 0.988. The molecule has 0 radical (unpaired) electrons. The summed E-state index contributed by atoms with van der Waals surface area (Å²) in [5, 5.41) is 0. The van der Waals surface area contributed by atoms with Gasteiger partial charge in [-0.1, -0.05) is 13.3 Å². The monoisotopic (exact) mass is 102 g/mol. The zero-order chi connectivity index (χ0) is 5.28. The predicted molar refractivity (Wildman–Crippen MR) is 27.9 cm³/mol. The van der Waals surface area contributed by atoms with Crippen molar-refractivity contribution in [3.8, 4) is 0 Å². The molecule has 0 aromatic heterocycles. The molecule has 0 aliphatic heterocycles. The zero-order valence-corrected chi connectivity index (χ0v) is 4.65. The van der Waals surface area contributed by atoms with E-state index in [2.05, 4.69) is 6.92 Å². The van der Waals surface area contributed by atoms with E-state index < -0.39 is 6.17 Å². The molecule has 7 heavy (non-hydrogen) atoms. The van der Waals surface area contributed by atoms with Gasteiger partial charge in [0.2, 0.25) is 0 Å². The molecule has 1 heteroatoms. The lowest BCUT2D eigenvalue weighted by Crippen LogP contribution is -2.25. The Morgan fingerprint density at radius 1 is 1.57 bits per heavy atom. The Balaban J connectivity index is 2.16. The smallest absolute Gasteiger partial charge is 0.103 e. The van der Waals surface area contributed by atoms with Gasteiger partial charge in [-0.3, -0.25) is 0 Å². The Labute approximate surface area is 43.7 Å². The number of hydrogen-bond donors (Lipinski definition) is 0. The lowest BCUT2D eigenvalue weighted by molar-refractivity contribution is 0.109. The van der Waals surface area contributed by atoms with Gasteiger partial charge < -0.3 is 0 Å². The molecule has 2 atom stereocenters. The predicted octanol–water partition coefficient (Wildman–Crippen LogP) is 2.14. The minimum atomic E-state index is -0.454. The highest BCUT2D eigenvalue weighted by atomic mass is 19.1. The Bertz CT molecular complexity index is 59.2. The minimum absolute atomic E-state index is 0.417. The first kappa shape index (κ1) is 5.07. The maximum Gasteiger partial charge on any atom is 0.103 e. The molecule has 1 rings (SSSR count). The molecule has 0 nitrogen and oxygen atoms in total. The van der Waals surface area contributed by atoms with E-state index in [0.717, 1.165) is 19.3 Å². The van der Waals surface area contributed by atoms with Crippen LogP contribution in [0.15, 0.2) is 0 Å². The first-order valence-corrected chi connectivity index (χ1v) is 2.98. The van der Waals surface area contributed by atoms with Gasteiger partial charge in [-0.2, -0.15) is 0 Å². The number of alkyl halides is 1. The third kappa shape index (κ3) is 0.767. The molecule has 0 amide bonds. The first-order valence-electron chi connectivity index (χ1n) is 2.98. The van der Waals surface area contributed by atoms with Gasteiger partial charge in [0.1, 0.15) is 6.17 Å². The quantitative estimate of drug-likeness (QED) is 0.476. The number of rotatable bonds is 1. The summed E-state index contributed by atoms with van der Waals surface area (Å²) in [6.45, 7) is 2.05. The maximum atomic E-state index is 12.2. The highest BCUT2D eigenvalue weighted by molar-refractivity contribution is 4.78. The van der Waals surface area contributed by atoms with Gasteiger partial charge in [0, 0.05) is 0 Å². The van der Waals surface area contributed by atoms with Crippen molar-refractivity contribution in [3.05, 3.63) is 0 Å². The van der Waals surface area contributed by atoms with Crippen molar-refractivity contribution >= 4 is 0 Å². The lowest BCUT2D eigenvalue weighted by atomic mass is 9.81. The largest absolute Gasteiger partial charge is 0.247 e. The standard InChI is InChI=1S/C6H11F/c1-2-5-3-4-6(5)7/h5-6H,2-4H2,1H3/t5-,6-/m0/s1. The van der Waals surface area contributed by atoms with Gasteiger partial charge >= 0.3 is 0 Å². The van der Waals surface area contributed by atoms with E-state index in [9.17, 15) is 4.39 Å². The normalized spacial score (nSPS) is 40.3. The fourth-order valence-corrected chi connectivity index (χ4v) is 0.988. The van der Waals surface area contributed by atoms with Crippen molar-refractivity contribution in [2.24, 2.45) is 5.92 Å². The van der Waals surface area contributed by atoms with E-state index in [-0.39, 0.29) is 0 Å². The van der Waals surface area contributed by atoms with Crippen LogP contribution in [0.5, 0.6) is 0 Å². The average Bonchev–Trinajstić information content (AvgIpc) is 1.65. The van der Waals surface area contributed by atoms with Crippen LogP contribution in [0.3, 0.4) is 0 Å². The van der Waals surface area contributed by atoms with Gasteiger partial charge in [0.15, 0.2) is 0 Å². The molecule has 0 unspecified atom stereocenters. The maximum absolute atomic E-state index is 12.2. The summed E-state index contributed by atoms with van der Waals surface area (Å²) in [5.41, 5.74) is 0. The van der Waals surface area contributed by atoms with Crippen LogP contribution in [-0.2, 0) is 0 Å². The molecule has 1 saturated carbocycles. The van der Waals surface area contributed by atoms with Crippen molar-refractivity contribution in [3.63, 3.8) is 0 Å². The van der Waals surface area contributed by atoms with Gasteiger partial charge in [0.05, 0.1) is 0 Å². The summed E-state index contributed by atoms with van der Waals surface area (Å²) in [6.07, 6.45) is 2.52. The molecular formula is C6H11F. The SMILES string of the molecule is CC[C@H]1CC[C@@H]1F. The van der Waals surface area contributed by atoms with Gasteiger partial charge in [0.25, 0.3) is 0 Å². The Hall–Kier alpha value is -0.0700. The Morgan fingerprint density at radius 2 is 2.29 bits per heavy atom. The van der Waals surface area contributed by atoms with Crippen molar-refractivity contribution in [1.82, 2.24) is 0 Å². The molecule has 1 fully saturated rings. The van der Waals surface area contributed by atoms with Crippen LogP contribution >= 0.6 is 0 Å². The summed E-state index contributed by atoms with van der Waals surface area (Å²) in [4.78, 5) is 0.